The smallest absolute Gasteiger partial charge is 0.292 e. The number of anilines is 2. The summed E-state index contributed by atoms with van der Waals surface area (Å²) < 4.78 is 13.9. The van der Waals surface area contributed by atoms with Crippen LogP contribution in [0.15, 0.2) is 42.5 Å². The molecule has 2 fully saturated rings. The first kappa shape index (κ1) is 19.2. The summed E-state index contributed by atoms with van der Waals surface area (Å²) in [4.78, 5) is 29.5. The highest BCUT2D eigenvalue weighted by molar-refractivity contribution is 5.94. The van der Waals surface area contributed by atoms with Gasteiger partial charge in [-0.1, -0.05) is 12.1 Å². The number of carbonyl (C=O) groups is 1. The number of rotatable bonds is 4. The van der Waals surface area contributed by atoms with Crippen molar-refractivity contribution in [3.05, 3.63) is 64.0 Å². The lowest BCUT2D eigenvalue weighted by Crippen LogP contribution is -2.49. The largest absolute Gasteiger partial charge is 0.368 e. The second-order valence-electron chi connectivity index (χ2n) is 7.38. The first-order valence-electron chi connectivity index (χ1n) is 9.87. The summed E-state index contributed by atoms with van der Waals surface area (Å²) in [6.45, 7) is 3.80. The van der Waals surface area contributed by atoms with E-state index in [0.717, 1.165) is 31.6 Å². The van der Waals surface area contributed by atoms with Gasteiger partial charge in [0.25, 0.3) is 11.6 Å². The summed E-state index contributed by atoms with van der Waals surface area (Å²) in [5.74, 6) is -0.810. The van der Waals surface area contributed by atoms with Crippen molar-refractivity contribution < 1.29 is 14.1 Å². The topological polar surface area (TPSA) is 69.9 Å². The average Bonchev–Trinajstić information content (AvgIpc) is 3.28. The van der Waals surface area contributed by atoms with Crippen LogP contribution in [0, 0.1) is 15.9 Å². The molecule has 4 rings (SSSR count). The van der Waals surface area contributed by atoms with Crippen molar-refractivity contribution in [1.29, 1.82) is 0 Å². The number of amides is 1. The van der Waals surface area contributed by atoms with E-state index >= 15 is 0 Å². The molecule has 1 amide bonds. The lowest BCUT2D eigenvalue weighted by molar-refractivity contribution is -0.384. The molecule has 2 saturated heterocycles. The molecule has 2 aromatic rings. The van der Waals surface area contributed by atoms with Crippen molar-refractivity contribution in [3.8, 4) is 0 Å². The minimum atomic E-state index is -0.509. The van der Waals surface area contributed by atoms with Crippen molar-refractivity contribution in [2.75, 3.05) is 49.1 Å². The molecule has 0 aliphatic carbocycles. The number of halogens is 1. The Hall–Kier alpha value is -3.16. The maximum atomic E-state index is 13.9. The molecule has 0 saturated carbocycles. The van der Waals surface area contributed by atoms with Gasteiger partial charge in [0.15, 0.2) is 0 Å². The highest BCUT2D eigenvalue weighted by atomic mass is 19.1. The van der Waals surface area contributed by atoms with Crippen molar-refractivity contribution in [1.82, 2.24) is 4.90 Å². The fourth-order valence-electron chi connectivity index (χ4n) is 4.05. The number of nitrogens with zero attached hydrogens (tertiary/aromatic N) is 4. The van der Waals surface area contributed by atoms with Gasteiger partial charge in [0.2, 0.25) is 0 Å². The Labute approximate surface area is 168 Å². The first-order valence-corrected chi connectivity index (χ1v) is 9.87. The van der Waals surface area contributed by atoms with Crippen LogP contribution >= 0.6 is 0 Å². The van der Waals surface area contributed by atoms with E-state index in [1.807, 2.05) is 6.07 Å². The molecule has 0 aromatic heterocycles. The van der Waals surface area contributed by atoms with Crippen molar-refractivity contribution in [3.63, 3.8) is 0 Å². The van der Waals surface area contributed by atoms with Gasteiger partial charge in [-0.2, -0.15) is 0 Å². The van der Waals surface area contributed by atoms with E-state index in [0.29, 0.717) is 31.9 Å². The van der Waals surface area contributed by atoms with Crippen LogP contribution in [0.25, 0.3) is 0 Å². The van der Waals surface area contributed by atoms with Crippen LogP contribution in [0.1, 0.15) is 23.2 Å². The monoisotopic (exact) mass is 398 g/mol. The molecule has 7 nitrogen and oxygen atoms in total. The van der Waals surface area contributed by atoms with Crippen LogP contribution in [0.3, 0.4) is 0 Å². The molecule has 0 radical (unpaired) electrons. The number of benzene rings is 2. The van der Waals surface area contributed by atoms with Gasteiger partial charge in [-0.3, -0.25) is 14.9 Å². The zero-order valence-electron chi connectivity index (χ0n) is 16.1. The molecule has 0 N–H and O–H groups in total. The predicted molar refractivity (Wildman–Crippen MR) is 109 cm³/mol. The van der Waals surface area contributed by atoms with Gasteiger partial charge in [-0.25, -0.2) is 4.39 Å². The Morgan fingerprint density at radius 1 is 0.931 bits per heavy atom. The van der Waals surface area contributed by atoms with Crippen LogP contribution in [-0.2, 0) is 0 Å². The molecule has 29 heavy (non-hydrogen) atoms. The van der Waals surface area contributed by atoms with E-state index in [9.17, 15) is 19.3 Å². The predicted octanol–water partition coefficient (Wildman–Crippen LogP) is 3.30. The molecule has 8 heteroatoms. The quantitative estimate of drug-likeness (QED) is 0.584. The van der Waals surface area contributed by atoms with E-state index in [4.69, 9.17) is 0 Å². The maximum absolute atomic E-state index is 13.9. The highest BCUT2D eigenvalue weighted by Gasteiger charge is 2.27. The van der Waals surface area contributed by atoms with Crippen molar-refractivity contribution in [2.24, 2.45) is 0 Å². The van der Waals surface area contributed by atoms with E-state index in [-0.39, 0.29) is 22.1 Å². The zero-order chi connectivity index (χ0) is 20.4. The standard InChI is InChI=1S/C21H23FN4O3/c22-18-6-2-1-5-17(18)21(27)25-13-11-23(12-14-25)16-7-8-19(26(28)29)20(15-16)24-9-3-4-10-24/h1-2,5-8,15H,3-4,9-14H2. The molecule has 2 aromatic carbocycles. The Morgan fingerprint density at radius 3 is 2.28 bits per heavy atom. The Balaban J connectivity index is 1.48. The van der Waals surface area contributed by atoms with Crippen molar-refractivity contribution in [2.45, 2.75) is 12.8 Å². The van der Waals surface area contributed by atoms with E-state index in [1.165, 1.54) is 12.1 Å². The molecular weight excluding hydrogens is 375 g/mol. The zero-order valence-corrected chi connectivity index (χ0v) is 16.1. The van der Waals surface area contributed by atoms with Gasteiger partial charge in [0, 0.05) is 51.0 Å². The number of nitro benzene ring substituents is 1. The summed E-state index contributed by atoms with van der Waals surface area (Å²) >= 11 is 0. The third-order valence-corrected chi connectivity index (χ3v) is 5.64. The van der Waals surface area contributed by atoms with Gasteiger partial charge >= 0.3 is 0 Å². The number of piperazine rings is 1. The third-order valence-electron chi connectivity index (χ3n) is 5.64. The lowest BCUT2D eigenvalue weighted by Gasteiger charge is -2.36. The number of carbonyl (C=O) groups excluding carboxylic acids is 1. The van der Waals surface area contributed by atoms with Gasteiger partial charge in [0.1, 0.15) is 11.5 Å². The Morgan fingerprint density at radius 2 is 1.62 bits per heavy atom. The molecule has 2 heterocycles. The highest BCUT2D eigenvalue weighted by Crippen LogP contribution is 2.34. The van der Waals surface area contributed by atoms with E-state index in [1.54, 1.807) is 29.2 Å². The summed E-state index contributed by atoms with van der Waals surface area (Å²) in [5.41, 5.74) is 1.79. The van der Waals surface area contributed by atoms with E-state index in [2.05, 4.69) is 9.80 Å². The van der Waals surface area contributed by atoms with Crippen molar-refractivity contribution >= 4 is 23.0 Å². The van der Waals surface area contributed by atoms with Gasteiger partial charge in [0.05, 0.1) is 10.5 Å². The van der Waals surface area contributed by atoms with Crippen LogP contribution in [0.4, 0.5) is 21.5 Å². The second kappa shape index (κ2) is 8.06. The summed E-state index contributed by atoms with van der Waals surface area (Å²) in [6.07, 6.45) is 2.08. The minimum absolute atomic E-state index is 0.0904. The van der Waals surface area contributed by atoms with Crippen LogP contribution in [0.5, 0.6) is 0 Å². The fraction of sp³-hybridized carbons (Fsp3) is 0.381. The normalized spacial score (nSPS) is 16.9. The fourth-order valence-corrected chi connectivity index (χ4v) is 4.05. The van der Waals surface area contributed by atoms with Crippen LogP contribution in [-0.4, -0.2) is 55.0 Å². The van der Waals surface area contributed by atoms with E-state index < -0.39 is 5.82 Å². The van der Waals surface area contributed by atoms with Gasteiger partial charge < -0.3 is 14.7 Å². The maximum Gasteiger partial charge on any atom is 0.292 e. The number of hydrogen-bond acceptors (Lipinski definition) is 5. The number of nitro groups is 1. The lowest BCUT2D eigenvalue weighted by atomic mass is 10.1. The van der Waals surface area contributed by atoms with Crippen LogP contribution < -0.4 is 9.80 Å². The summed E-state index contributed by atoms with van der Waals surface area (Å²) in [6, 6.07) is 11.2. The summed E-state index contributed by atoms with van der Waals surface area (Å²) in [7, 11) is 0. The third kappa shape index (κ3) is 3.87. The molecule has 0 bridgehead atoms. The molecular formula is C21H23FN4O3. The molecule has 2 aliphatic heterocycles. The first-order chi connectivity index (χ1) is 14.0. The molecule has 0 spiro atoms. The Kier molecular flexibility index (Phi) is 5.33. The van der Waals surface area contributed by atoms with Gasteiger partial charge in [-0.15, -0.1) is 0 Å². The average molecular weight is 398 g/mol. The SMILES string of the molecule is O=C(c1ccccc1F)N1CCN(c2ccc([N+](=O)[O-])c(N3CCCC3)c2)CC1. The molecule has 152 valence electrons. The molecule has 2 aliphatic rings. The number of hydrogen-bond donors (Lipinski definition) is 0. The second-order valence-corrected chi connectivity index (χ2v) is 7.38. The van der Waals surface area contributed by atoms with Gasteiger partial charge in [-0.05, 0) is 37.1 Å². The molecule has 0 atom stereocenters. The molecule has 0 unspecified atom stereocenters. The summed E-state index contributed by atoms with van der Waals surface area (Å²) in [5, 5.41) is 11.4. The van der Waals surface area contributed by atoms with Crippen LogP contribution in [0.2, 0.25) is 0 Å². The Bertz CT molecular complexity index is 922. The minimum Gasteiger partial charge on any atom is -0.368 e.